The summed E-state index contributed by atoms with van der Waals surface area (Å²) in [6, 6.07) is 18.8. The SMILES string of the molecule is Cc1cc(C)c(-c2c3cccc(Cl)c3cc3c(Cl)cccc23)c(C)c1. The minimum atomic E-state index is 0.753. The maximum absolute atomic E-state index is 6.53. The molecule has 4 rings (SSSR count). The van der Waals surface area contributed by atoms with E-state index in [4.69, 9.17) is 23.2 Å². The fraction of sp³-hybridized carbons (Fsp3) is 0.130. The van der Waals surface area contributed by atoms with Crippen molar-refractivity contribution in [3.05, 3.63) is 81.3 Å². The topological polar surface area (TPSA) is 0 Å². The third kappa shape index (κ3) is 2.61. The second-order valence-corrected chi connectivity index (χ2v) is 7.51. The number of benzene rings is 4. The third-order valence-electron chi connectivity index (χ3n) is 4.86. The van der Waals surface area contributed by atoms with Gasteiger partial charge < -0.3 is 0 Å². The Kier molecular flexibility index (Phi) is 3.98. The summed E-state index contributed by atoms with van der Waals surface area (Å²) < 4.78 is 0. The molecular weight excluding hydrogens is 347 g/mol. The van der Waals surface area contributed by atoms with Crippen molar-refractivity contribution >= 4 is 44.7 Å². The molecule has 0 bridgehead atoms. The molecule has 0 aliphatic rings. The largest absolute Gasteiger partial charge is 0.0837 e. The summed E-state index contributed by atoms with van der Waals surface area (Å²) in [4.78, 5) is 0. The molecule has 0 fully saturated rings. The van der Waals surface area contributed by atoms with Crippen LogP contribution < -0.4 is 0 Å². The molecule has 0 spiro atoms. The van der Waals surface area contributed by atoms with E-state index in [0.717, 1.165) is 31.6 Å². The number of fused-ring (bicyclic) bond motifs is 2. The van der Waals surface area contributed by atoms with E-state index in [1.54, 1.807) is 0 Å². The number of aryl methyl sites for hydroxylation is 3. The Labute approximate surface area is 158 Å². The molecule has 0 aliphatic heterocycles. The summed E-state index contributed by atoms with van der Waals surface area (Å²) >= 11 is 13.1. The lowest BCUT2D eigenvalue weighted by molar-refractivity contribution is 1.33. The molecule has 0 atom stereocenters. The standard InChI is InChI=1S/C23H18Cl2/c1-13-10-14(2)22(15(3)11-13)23-16-6-4-8-20(24)18(16)12-19-17(23)7-5-9-21(19)25/h4-12H,1-3H3. The summed E-state index contributed by atoms with van der Waals surface area (Å²) in [7, 11) is 0. The fourth-order valence-corrected chi connectivity index (χ4v) is 4.39. The summed E-state index contributed by atoms with van der Waals surface area (Å²) in [5, 5.41) is 5.92. The second kappa shape index (κ2) is 6.05. The molecule has 124 valence electrons. The molecule has 0 saturated carbocycles. The van der Waals surface area contributed by atoms with E-state index in [9.17, 15) is 0 Å². The van der Waals surface area contributed by atoms with E-state index in [-0.39, 0.29) is 0 Å². The lowest BCUT2D eigenvalue weighted by Gasteiger charge is -2.18. The molecule has 4 aromatic rings. The zero-order chi connectivity index (χ0) is 17.7. The van der Waals surface area contributed by atoms with Gasteiger partial charge >= 0.3 is 0 Å². The molecular formula is C23H18Cl2. The number of halogens is 2. The normalized spacial score (nSPS) is 11.4. The van der Waals surface area contributed by atoms with E-state index >= 15 is 0 Å². The third-order valence-corrected chi connectivity index (χ3v) is 5.52. The smallest absolute Gasteiger partial charge is 0.0484 e. The molecule has 0 aromatic heterocycles. The minimum Gasteiger partial charge on any atom is -0.0837 e. The van der Waals surface area contributed by atoms with Crippen molar-refractivity contribution in [3.8, 4) is 11.1 Å². The Morgan fingerprint density at radius 1 is 0.560 bits per heavy atom. The van der Waals surface area contributed by atoms with Crippen LogP contribution in [0.4, 0.5) is 0 Å². The van der Waals surface area contributed by atoms with Crippen LogP contribution >= 0.6 is 23.2 Å². The minimum absolute atomic E-state index is 0.753. The molecule has 0 unspecified atom stereocenters. The van der Waals surface area contributed by atoms with Crippen molar-refractivity contribution in [2.45, 2.75) is 20.8 Å². The highest BCUT2D eigenvalue weighted by atomic mass is 35.5. The van der Waals surface area contributed by atoms with E-state index in [0.29, 0.717) is 0 Å². The Hall–Kier alpha value is -2.02. The van der Waals surface area contributed by atoms with Gasteiger partial charge in [0, 0.05) is 20.8 Å². The molecule has 4 aromatic carbocycles. The van der Waals surface area contributed by atoms with Crippen LogP contribution in [0.1, 0.15) is 16.7 Å². The van der Waals surface area contributed by atoms with Crippen molar-refractivity contribution in [3.63, 3.8) is 0 Å². The lowest BCUT2D eigenvalue weighted by Crippen LogP contribution is -1.93. The fourth-order valence-electron chi connectivity index (χ4n) is 3.94. The monoisotopic (exact) mass is 364 g/mol. The molecule has 0 radical (unpaired) electrons. The van der Waals surface area contributed by atoms with Crippen LogP contribution in [-0.2, 0) is 0 Å². The van der Waals surface area contributed by atoms with Gasteiger partial charge in [-0.2, -0.15) is 0 Å². The Morgan fingerprint density at radius 2 is 1.04 bits per heavy atom. The van der Waals surface area contributed by atoms with Gasteiger partial charge in [-0.1, -0.05) is 65.2 Å². The van der Waals surface area contributed by atoms with E-state index in [1.165, 1.54) is 27.8 Å². The first-order valence-corrected chi connectivity index (χ1v) is 9.10. The Bertz CT molecular complexity index is 1060. The highest BCUT2D eigenvalue weighted by Gasteiger charge is 2.16. The second-order valence-electron chi connectivity index (χ2n) is 6.70. The van der Waals surface area contributed by atoms with Gasteiger partial charge in [-0.05, 0) is 72.0 Å². The highest BCUT2D eigenvalue weighted by Crippen LogP contribution is 2.43. The molecule has 2 heteroatoms. The summed E-state index contributed by atoms with van der Waals surface area (Å²) in [6.07, 6.45) is 0. The van der Waals surface area contributed by atoms with Crippen molar-refractivity contribution < 1.29 is 0 Å². The molecule has 0 nitrogen and oxygen atoms in total. The van der Waals surface area contributed by atoms with Crippen molar-refractivity contribution in [1.82, 2.24) is 0 Å². The van der Waals surface area contributed by atoms with Gasteiger partial charge in [0.1, 0.15) is 0 Å². The van der Waals surface area contributed by atoms with Gasteiger partial charge in [0.2, 0.25) is 0 Å². The summed E-state index contributed by atoms with van der Waals surface area (Å²) in [6.45, 7) is 6.49. The van der Waals surface area contributed by atoms with Gasteiger partial charge in [-0.25, -0.2) is 0 Å². The quantitative estimate of drug-likeness (QED) is 0.301. The number of rotatable bonds is 1. The molecule has 25 heavy (non-hydrogen) atoms. The van der Waals surface area contributed by atoms with Crippen LogP contribution in [0, 0.1) is 20.8 Å². The molecule has 0 aliphatic carbocycles. The molecule has 0 amide bonds. The van der Waals surface area contributed by atoms with Gasteiger partial charge in [0.05, 0.1) is 0 Å². The molecule has 0 heterocycles. The van der Waals surface area contributed by atoms with Crippen LogP contribution in [0.15, 0.2) is 54.6 Å². The molecule has 0 saturated heterocycles. The van der Waals surface area contributed by atoms with Gasteiger partial charge in [-0.15, -0.1) is 0 Å². The first kappa shape index (κ1) is 16.4. The predicted molar refractivity (Wildman–Crippen MR) is 111 cm³/mol. The van der Waals surface area contributed by atoms with Gasteiger partial charge in [-0.3, -0.25) is 0 Å². The average Bonchev–Trinajstić information content (AvgIpc) is 2.55. The van der Waals surface area contributed by atoms with Gasteiger partial charge in [0.15, 0.2) is 0 Å². The lowest BCUT2D eigenvalue weighted by atomic mass is 9.87. The number of hydrogen-bond donors (Lipinski definition) is 0. The first-order chi connectivity index (χ1) is 12.0. The maximum atomic E-state index is 6.53. The average molecular weight is 365 g/mol. The maximum Gasteiger partial charge on any atom is 0.0484 e. The van der Waals surface area contributed by atoms with Crippen LogP contribution in [0.5, 0.6) is 0 Å². The highest BCUT2D eigenvalue weighted by molar-refractivity contribution is 6.39. The van der Waals surface area contributed by atoms with Crippen LogP contribution in [-0.4, -0.2) is 0 Å². The van der Waals surface area contributed by atoms with Crippen LogP contribution in [0.25, 0.3) is 32.7 Å². The van der Waals surface area contributed by atoms with Crippen LogP contribution in [0.3, 0.4) is 0 Å². The molecule has 0 N–H and O–H groups in total. The summed E-state index contributed by atoms with van der Waals surface area (Å²) in [5.41, 5.74) is 6.30. The zero-order valence-electron chi connectivity index (χ0n) is 14.5. The van der Waals surface area contributed by atoms with E-state index in [1.807, 2.05) is 24.3 Å². The zero-order valence-corrected chi connectivity index (χ0v) is 16.0. The summed E-state index contributed by atoms with van der Waals surface area (Å²) in [5.74, 6) is 0. The van der Waals surface area contributed by atoms with E-state index in [2.05, 4.69) is 51.1 Å². The van der Waals surface area contributed by atoms with Crippen molar-refractivity contribution in [2.24, 2.45) is 0 Å². The van der Waals surface area contributed by atoms with Crippen molar-refractivity contribution in [1.29, 1.82) is 0 Å². The van der Waals surface area contributed by atoms with Crippen molar-refractivity contribution in [2.75, 3.05) is 0 Å². The predicted octanol–water partition coefficient (Wildman–Crippen LogP) is 7.89. The number of hydrogen-bond acceptors (Lipinski definition) is 0. The van der Waals surface area contributed by atoms with Crippen LogP contribution in [0.2, 0.25) is 10.0 Å². The first-order valence-electron chi connectivity index (χ1n) is 8.35. The Morgan fingerprint density at radius 3 is 1.52 bits per heavy atom. The Balaban J connectivity index is 2.29. The van der Waals surface area contributed by atoms with Gasteiger partial charge in [0.25, 0.3) is 0 Å². The van der Waals surface area contributed by atoms with E-state index < -0.39 is 0 Å².